The number of hydrogen-bond donors (Lipinski definition) is 0. The standard InChI is InChI=1S/C23H27ClN4OS/c1-16-4-6-19(7-5-16)13-26-8-10-27(11-9-26)23(29)21-12-20(15-30-21)14-28-18(3)22(24)17(2)25-28/h4-7,12,15H,8-11,13-14H2,1-3H3. The van der Waals surface area contributed by atoms with Crippen LogP contribution in [0.5, 0.6) is 0 Å². The molecule has 0 N–H and O–H groups in total. The molecule has 1 amide bonds. The van der Waals surface area contributed by atoms with Gasteiger partial charge in [-0.1, -0.05) is 41.4 Å². The quantitative estimate of drug-likeness (QED) is 0.583. The summed E-state index contributed by atoms with van der Waals surface area (Å²) in [5, 5.41) is 7.24. The van der Waals surface area contributed by atoms with Crippen LogP contribution in [0, 0.1) is 20.8 Å². The first-order chi connectivity index (χ1) is 14.4. The minimum atomic E-state index is 0.132. The first-order valence-electron chi connectivity index (χ1n) is 10.2. The second-order valence-corrected chi connectivity index (χ2v) is 9.30. The molecular formula is C23H27ClN4OS. The second-order valence-electron chi connectivity index (χ2n) is 8.02. The topological polar surface area (TPSA) is 41.4 Å². The highest BCUT2D eigenvalue weighted by molar-refractivity contribution is 7.12. The molecule has 0 atom stereocenters. The van der Waals surface area contributed by atoms with E-state index in [-0.39, 0.29) is 5.91 Å². The Labute approximate surface area is 186 Å². The normalized spacial score (nSPS) is 15.0. The van der Waals surface area contributed by atoms with Gasteiger partial charge in [0, 0.05) is 32.7 Å². The van der Waals surface area contributed by atoms with Crippen LogP contribution in [0.1, 0.15) is 37.7 Å². The molecule has 7 heteroatoms. The van der Waals surface area contributed by atoms with Crippen molar-refractivity contribution < 1.29 is 4.79 Å². The Morgan fingerprint density at radius 2 is 1.73 bits per heavy atom. The Morgan fingerprint density at radius 1 is 1.03 bits per heavy atom. The Bertz CT molecular complexity index is 1030. The lowest BCUT2D eigenvalue weighted by Crippen LogP contribution is -2.48. The summed E-state index contributed by atoms with van der Waals surface area (Å²) in [7, 11) is 0. The summed E-state index contributed by atoms with van der Waals surface area (Å²) in [5.41, 5.74) is 5.49. The van der Waals surface area contributed by atoms with Gasteiger partial charge in [-0.25, -0.2) is 0 Å². The monoisotopic (exact) mass is 442 g/mol. The number of thiophene rings is 1. The van der Waals surface area contributed by atoms with E-state index in [4.69, 9.17) is 11.6 Å². The van der Waals surface area contributed by atoms with Crippen LogP contribution in [0.3, 0.4) is 0 Å². The summed E-state index contributed by atoms with van der Waals surface area (Å²) in [6.45, 7) is 10.9. The summed E-state index contributed by atoms with van der Waals surface area (Å²) in [6.07, 6.45) is 0. The molecule has 5 nitrogen and oxygen atoms in total. The molecule has 3 heterocycles. The third-order valence-corrected chi connectivity index (χ3v) is 7.19. The van der Waals surface area contributed by atoms with Gasteiger partial charge in [0.1, 0.15) is 0 Å². The van der Waals surface area contributed by atoms with Crippen LogP contribution in [0.2, 0.25) is 5.02 Å². The summed E-state index contributed by atoms with van der Waals surface area (Å²) >= 11 is 7.76. The largest absolute Gasteiger partial charge is 0.335 e. The van der Waals surface area contributed by atoms with Crippen molar-refractivity contribution in [1.29, 1.82) is 0 Å². The summed E-state index contributed by atoms with van der Waals surface area (Å²) in [4.78, 5) is 18.2. The predicted molar refractivity (Wildman–Crippen MR) is 122 cm³/mol. The van der Waals surface area contributed by atoms with E-state index >= 15 is 0 Å². The fraction of sp³-hybridized carbons (Fsp3) is 0.391. The summed E-state index contributed by atoms with van der Waals surface area (Å²) in [5.74, 6) is 0.132. The van der Waals surface area contributed by atoms with E-state index in [2.05, 4.69) is 41.2 Å². The number of aromatic nitrogens is 2. The van der Waals surface area contributed by atoms with Crippen LogP contribution in [0.25, 0.3) is 0 Å². The van der Waals surface area contributed by atoms with Crippen molar-refractivity contribution >= 4 is 28.8 Å². The lowest BCUT2D eigenvalue weighted by molar-refractivity contribution is 0.0633. The van der Waals surface area contributed by atoms with Gasteiger partial charge < -0.3 is 4.90 Å². The van der Waals surface area contributed by atoms with Gasteiger partial charge in [-0.3, -0.25) is 14.4 Å². The number of carbonyl (C=O) groups is 1. The zero-order chi connectivity index (χ0) is 21.3. The number of halogens is 1. The number of benzene rings is 1. The van der Waals surface area contributed by atoms with E-state index in [1.165, 1.54) is 22.5 Å². The van der Waals surface area contributed by atoms with Crippen LogP contribution >= 0.6 is 22.9 Å². The molecule has 0 radical (unpaired) electrons. The molecule has 0 bridgehead atoms. The highest BCUT2D eigenvalue weighted by atomic mass is 35.5. The van der Waals surface area contributed by atoms with Gasteiger partial charge in [-0.05, 0) is 43.3 Å². The average Bonchev–Trinajstić information content (AvgIpc) is 3.31. The minimum absolute atomic E-state index is 0.132. The summed E-state index contributed by atoms with van der Waals surface area (Å²) in [6, 6.07) is 10.7. The van der Waals surface area contributed by atoms with Crippen molar-refractivity contribution in [2.45, 2.75) is 33.9 Å². The van der Waals surface area contributed by atoms with Crippen LogP contribution in [-0.2, 0) is 13.1 Å². The van der Waals surface area contributed by atoms with Gasteiger partial charge in [-0.2, -0.15) is 5.10 Å². The molecule has 0 unspecified atom stereocenters. The van der Waals surface area contributed by atoms with Gasteiger partial charge in [0.05, 0.1) is 27.8 Å². The number of hydrogen-bond acceptors (Lipinski definition) is 4. The maximum Gasteiger partial charge on any atom is 0.264 e. The SMILES string of the molecule is Cc1ccc(CN2CCN(C(=O)c3cc(Cn4nc(C)c(Cl)c4C)cs3)CC2)cc1. The van der Waals surface area contributed by atoms with Gasteiger partial charge in [-0.15, -0.1) is 11.3 Å². The number of piperazine rings is 1. The Morgan fingerprint density at radius 3 is 2.37 bits per heavy atom. The third kappa shape index (κ3) is 4.61. The molecule has 2 aromatic heterocycles. The van der Waals surface area contributed by atoms with E-state index in [9.17, 15) is 4.79 Å². The highest BCUT2D eigenvalue weighted by Crippen LogP contribution is 2.23. The van der Waals surface area contributed by atoms with Crippen molar-refractivity contribution in [2.75, 3.05) is 26.2 Å². The van der Waals surface area contributed by atoms with E-state index in [1.807, 2.05) is 34.9 Å². The van der Waals surface area contributed by atoms with Gasteiger partial charge in [0.15, 0.2) is 0 Å². The molecule has 4 rings (SSSR count). The first-order valence-corrected chi connectivity index (χ1v) is 11.5. The molecule has 3 aromatic rings. The van der Waals surface area contributed by atoms with Crippen molar-refractivity contribution in [2.24, 2.45) is 0 Å². The maximum absolute atomic E-state index is 13.0. The zero-order valence-corrected chi connectivity index (χ0v) is 19.3. The van der Waals surface area contributed by atoms with Gasteiger partial charge in [0.2, 0.25) is 0 Å². The molecule has 0 spiro atoms. The lowest BCUT2D eigenvalue weighted by atomic mass is 10.1. The number of carbonyl (C=O) groups excluding carboxylic acids is 1. The first kappa shape index (κ1) is 21.1. The van der Waals surface area contributed by atoms with Crippen molar-refractivity contribution in [1.82, 2.24) is 19.6 Å². The number of aryl methyl sites for hydroxylation is 2. The molecule has 0 saturated carbocycles. The lowest BCUT2D eigenvalue weighted by Gasteiger charge is -2.34. The molecule has 0 aliphatic carbocycles. The van der Waals surface area contributed by atoms with Crippen LogP contribution in [0.15, 0.2) is 35.7 Å². The van der Waals surface area contributed by atoms with Crippen molar-refractivity contribution in [3.05, 3.63) is 73.7 Å². The highest BCUT2D eigenvalue weighted by Gasteiger charge is 2.23. The van der Waals surface area contributed by atoms with Crippen molar-refractivity contribution in [3.63, 3.8) is 0 Å². The molecule has 158 valence electrons. The van der Waals surface area contributed by atoms with Crippen LogP contribution in [0.4, 0.5) is 0 Å². The molecular weight excluding hydrogens is 416 g/mol. The average molecular weight is 443 g/mol. The fourth-order valence-corrected chi connectivity index (χ4v) is 4.79. The number of nitrogens with zero attached hydrogens (tertiary/aromatic N) is 4. The molecule has 1 aliphatic rings. The Hall–Kier alpha value is -2.15. The molecule has 30 heavy (non-hydrogen) atoms. The van der Waals surface area contributed by atoms with Crippen LogP contribution < -0.4 is 0 Å². The van der Waals surface area contributed by atoms with E-state index in [0.717, 1.165) is 54.6 Å². The van der Waals surface area contributed by atoms with E-state index in [0.29, 0.717) is 11.6 Å². The Balaban J connectivity index is 1.33. The molecule has 1 aliphatic heterocycles. The minimum Gasteiger partial charge on any atom is -0.335 e. The molecule has 1 aromatic carbocycles. The third-order valence-electron chi connectivity index (χ3n) is 5.68. The Kier molecular flexibility index (Phi) is 6.27. The van der Waals surface area contributed by atoms with E-state index in [1.54, 1.807) is 0 Å². The second kappa shape index (κ2) is 8.92. The molecule has 1 fully saturated rings. The van der Waals surface area contributed by atoms with E-state index < -0.39 is 0 Å². The van der Waals surface area contributed by atoms with Gasteiger partial charge in [0.25, 0.3) is 5.91 Å². The fourth-order valence-electron chi connectivity index (χ4n) is 3.79. The van der Waals surface area contributed by atoms with Gasteiger partial charge >= 0.3 is 0 Å². The predicted octanol–water partition coefficient (Wildman–Crippen LogP) is 4.53. The summed E-state index contributed by atoms with van der Waals surface area (Å²) < 4.78 is 1.90. The number of amides is 1. The maximum atomic E-state index is 13.0. The van der Waals surface area contributed by atoms with Crippen molar-refractivity contribution in [3.8, 4) is 0 Å². The smallest absolute Gasteiger partial charge is 0.264 e. The zero-order valence-electron chi connectivity index (χ0n) is 17.7. The van der Waals surface area contributed by atoms with Crippen LogP contribution in [-0.4, -0.2) is 51.7 Å². The number of rotatable bonds is 5. The molecule has 1 saturated heterocycles.